The molecular weight excluding hydrogens is 324 g/mol. The first-order valence-corrected chi connectivity index (χ1v) is 9.37. The van der Waals surface area contributed by atoms with Crippen LogP contribution in [-0.2, 0) is 17.8 Å². The minimum absolute atomic E-state index is 0.170. The average Bonchev–Trinajstić information content (AvgIpc) is 3.21. The number of methoxy groups -OCH3 is 1. The van der Waals surface area contributed by atoms with E-state index in [9.17, 15) is 4.79 Å². The molecule has 1 fully saturated rings. The van der Waals surface area contributed by atoms with Crippen LogP contribution >= 0.6 is 0 Å². The molecule has 0 radical (unpaired) electrons. The Bertz CT molecular complexity index is 738. The van der Waals surface area contributed by atoms with Gasteiger partial charge in [0.1, 0.15) is 5.75 Å². The predicted octanol–water partition coefficient (Wildman–Crippen LogP) is 3.89. The van der Waals surface area contributed by atoms with Crippen molar-refractivity contribution in [2.24, 2.45) is 0 Å². The van der Waals surface area contributed by atoms with E-state index in [1.807, 2.05) is 36.2 Å². The summed E-state index contributed by atoms with van der Waals surface area (Å²) in [5.74, 6) is 1.01. The molecule has 0 saturated carbocycles. The molecule has 0 bridgehead atoms. The number of para-hydroxylation sites is 1. The number of hydrogen-bond acceptors (Lipinski definition) is 3. The molecule has 0 aromatic heterocycles. The lowest BCUT2D eigenvalue weighted by Crippen LogP contribution is -2.28. The van der Waals surface area contributed by atoms with E-state index in [1.165, 1.54) is 24.1 Å². The van der Waals surface area contributed by atoms with Crippen LogP contribution < -0.4 is 9.64 Å². The topological polar surface area (TPSA) is 32.8 Å². The Kier molecular flexibility index (Phi) is 6.16. The van der Waals surface area contributed by atoms with Gasteiger partial charge in [0.15, 0.2) is 0 Å². The van der Waals surface area contributed by atoms with Crippen LogP contribution in [0.4, 0.5) is 5.69 Å². The van der Waals surface area contributed by atoms with Gasteiger partial charge >= 0.3 is 0 Å². The number of aryl methyl sites for hydroxylation is 1. The van der Waals surface area contributed by atoms with Gasteiger partial charge in [0.25, 0.3) is 0 Å². The lowest BCUT2D eigenvalue weighted by atomic mass is 10.1. The van der Waals surface area contributed by atoms with Crippen molar-refractivity contribution in [3.63, 3.8) is 0 Å². The Morgan fingerprint density at radius 1 is 1.12 bits per heavy atom. The number of amides is 1. The van der Waals surface area contributed by atoms with Gasteiger partial charge < -0.3 is 14.5 Å². The summed E-state index contributed by atoms with van der Waals surface area (Å²) in [5, 5.41) is 0. The number of benzene rings is 2. The zero-order chi connectivity index (χ0) is 18.4. The Labute approximate surface area is 156 Å². The summed E-state index contributed by atoms with van der Waals surface area (Å²) in [6, 6.07) is 16.4. The molecule has 2 aromatic rings. The predicted molar refractivity (Wildman–Crippen MR) is 106 cm³/mol. The van der Waals surface area contributed by atoms with Crippen molar-refractivity contribution in [1.82, 2.24) is 4.90 Å². The van der Waals surface area contributed by atoms with Crippen molar-refractivity contribution in [1.29, 1.82) is 0 Å². The van der Waals surface area contributed by atoms with Crippen molar-refractivity contribution < 1.29 is 9.53 Å². The van der Waals surface area contributed by atoms with Crippen molar-refractivity contribution in [2.45, 2.75) is 32.2 Å². The molecular formula is C22H28N2O2. The minimum Gasteiger partial charge on any atom is -0.497 e. The molecule has 4 nitrogen and oxygen atoms in total. The molecule has 2 aromatic carbocycles. The van der Waals surface area contributed by atoms with Gasteiger partial charge in [-0.3, -0.25) is 4.79 Å². The molecule has 138 valence electrons. The van der Waals surface area contributed by atoms with E-state index >= 15 is 0 Å². The largest absolute Gasteiger partial charge is 0.497 e. The highest BCUT2D eigenvalue weighted by atomic mass is 16.5. The van der Waals surface area contributed by atoms with Gasteiger partial charge in [0, 0.05) is 38.8 Å². The van der Waals surface area contributed by atoms with Crippen LogP contribution in [0.1, 0.15) is 30.4 Å². The van der Waals surface area contributed by atoms with Gasteiger partial charge in [-0.05, 0) is 48.6 Å². The second kappa shape index (κ2) is 8.75. The fraction of sp³-hybridized carbons (Fsp3) is 0.409. The summed E-state index contributed by atoms with van der Waals surface area (Å²) in [7, 11) is 3.56. The van der Waals surface area contributed by atoms with Crippen LogP contribution in [0.15, 0.2) is 48.5 Å². The highest BCUT2D eigenvalue weighted by molar-refractivity contribution is 5.76. The van der Waals surface area contributed by atoms with Crippen molar-refractivity contribution in [3.05, 3.63) is 59.7 Å². The Balaban J connectivity index is 1.59. The van der Waals surface area contributed by atoms with E-state index in [0.717, 1.165) is 30.8 Å². The van der Waals surface area contributed by atoms with E-state index in [4.69, 9.17) is 4.74 Å². The quantitative estimate of drug-likeness (QED) is 0.758. The summed E-state index contributed by atoms with van der Waals surface area (Å²) >= 11 is 0. The zero-order valence-electron chi connectivity index (χ0n) is 15.8. The number of nitrogens with zero attached hydrogens (tertiary/aromatic N) is 2. The highest BCUT2D eigenvalue weighted by Gasteiger charge is 2.17. The fourth-order valence-corrected chi connectivity index (χ4v) is 3.52. The second-order valence-corrected chi connectivity index (χ2v) is 6.92. The summed E-state index contributed by atoms with van der Waals surface area (Å²) in [5.41, 5.74) is 3.63. The lowest BCUT2D eigenvalue weighted by Gasteiger charge is -2.24. The van der Waals surface area contributed by atoms with E-state index < -0.39 is 0 Å². The van der Waals surface area contributed by atoms with Crippen LogP contribution in [0.25, 0.3) is 0 Å². The molecule has 1 saturated heterocycles. The first-order valence-electron chi connectivity index (χ1n) is 9.37. The van der Waals surface area contributed by atoms with Crippen molar-refractivity contribution >= 4 is 11.6 Å². The molecule has 3 rings (SSSR count). The number of rotatable bonds is 7. The van der Waals surface area contributed by atoms with Crippen molar-refractivity contribution in [3.8, 4) is 5.75 Å². The SMILES string of the molecule is COc1cccc(CCC(=O)N(C)Cc2ccccc2N2CCCC2)c1. The lowest BCUT2D eigenvalue weighted by molar-refractivity contribution is -0.130. The first kappa shape index (κ1) is 18.3. The number of carbonyl (C=O) groups excluding carboxylic acids is 1. The number of hydrogen-bond donors (Lipinski definition) is 0. The van der Waals surface area contributed by atoms with E-state index in [2.05, 4.69) is 29.2 Å². The van der Waals surface area contributed by atoms with E-state index in [-0.39, 0.29) is 5.91 Å². The van der Waals surface area contributed by atoms with Gasteiger partial charge in [-0.25, -0.2) is 0 Å². The summed E-state index contributed by atoms with van der Waals surface area (Å²) in [6.07, 6.45) is 3.75. The number of ether oxygens (including phenoxy) is 1. The average molecular weight is 352 g/mol. The highest BCUT2D eigenvalue weighted by Crippen LogP contribution is 2.25. The smallest absolute Gasteiger partial charge is 0.222 e. The minimum atomic E-state index is 0.170. The summed E-state index contributed by atoms with van der Waals surface area (Å²) < 4.78 is 5.25. The number of anilines is 1. The molecule has 0 aliphatic carbocycles. The van der Waals surface area contributed by atoms with Crippen LogP contribution in [0, 0.1) is 0 Å². The second-order valence-electron chi connectivity index (χ2n) is 6.92. The fourth-order valence-electron chi connectivity index (χ4n) is 3.52. The molecule has 1 aliphatic heterocycles. The third-order valence-electron chi connectivity index (χ3n) is 5.03. The maximum atomic E-state index is 12.6. The Morgan fingerprint density at radius 2 is 1.88 bits per heavy atom. The van der Waals surface area contributed by atoms with Crippen LogP contribution in [0.3, 0.4) is 0 Å². The molecule has 4 heteroatoms. The van der Waals surface area contributed by atoms with Gasteiger partial charge in [-0.2, -0.15) is 0 Å². The molecule has 26 heavy (non-hydrogen) atoms. The normalized spacial score (nSPS) is 13.7. The third kappa shape index (κ3) is 4.57. The van der Waals surface area contributed by atoms with E-state index in [1.54, 1.807) is 7.11 Å². The van der Waals surface area contributed by atoms with Gasteiger partial charge in [0.2, 0.25) is 5.91 Å². The molecule has 1 heterocycles. The first-order chi connectivity index (χ1) is 12.7. The maximum Gasteiger partial charge on any atom is 0.222 e. The maximum absolute atomic E-state index is 12.6. The molecule has 0 atom stereocenters. The van der Waals surface area contributed by atoms with Crippen molar-refractivity contribution in [2.75, 3.05) is 32.1 Å². The monoisotopic (exact) mass is 352 g/mol. The van der Waals surface area contributed by atoms with Gasteiger partial charge in [-0.15, -0.1) is 0 Å². The van der Waals surface area contributed by atoms with Gasteiger partial charge in [-0.1, -0.05) is 30.3 Å². The molecule has 0 spiro atoms. The standard InChI is InChI=1S/C22H28N2O2/c1-23(22(25)13-12-18-8-7-10-20(16-18)26-2)17-19-9-3-4-11-21(19)24-14-5-6-15-24/h3-4,7-11,16H,5-6,12-15,17H2,1-2H3. The van der Waals surface area contributed by atoms with E-state index in [0.29, 0.717) is 13.0 Å². The van der Waals surface area contributed by atoms with Crippen LogP contribution in [0.5, 0.6) is 5.75 Å². The Hall–Kier alpha value is -2.49. The molecule has 0 N–H and O–H groups in total. The summed E-state index contributed by atoms with van der Waals surface area (Å²) in [6.45, 7) is 2.89. The third-order valence-corrected chi connectivity index (χ3v) is 5.03. The number of carbonyl (C=O) groups is 1. The zero-order valence-corrected chi connectivity index (χ0v) is 15.8. The van der Waals surface area contributed by atoms with Crippen LogP contribution in [0.2, 0.25) is 0 Å². The summed E-state index contributed by atoms with van der Waals surface area (Å²) in [4.78, 5) is 16.9. The van der Waals surface area contributed by atoms with Gasteiger partial charge in [0.05, 0.1) is 7.11 Å². The Morgan fingerprint density at radius 3 is 2.65 bits per heavy atom. The van der Waals surface area contributed by atoms with Crippen LogP contribution in [-0.4, -0.2) is 38.1 Å². The molecule has 0 unspecified atom stereocenters. The molecule has 1 aliphatic rings. The molecule has 1 amide bonds.